The molecule has 0 aromatic carbocycles. The molecular formula is C13H17F3N2O2S. The third-order valence-electron chi connectivity index (χ3n) is 3.55. The quantitative estimate of drug-likeness (QED) is 0.896. The zero-order valence-corrected chi connectivity index (χ0v) is 12.2. The Hall–Kier alpha value is -1.15. The first-order valence-electron chi connectivity index (χ1n) is 6.79. The molecular weight excluding hydrogens is 305 g/mol. The first-order chi connectivity index (χ1) is 9.78. The van der Waals surface area contributed by atoms with Gasteiger partial charge in [-0.3, -0.25) is 4.79 Å². The van der Waals surface area contributed by atoms with Gasteiger partial charge in [-0.25, -0.2) is 4.98 Å². The van der Waals surface area contributed by atoms with E-state index in [2.05, 4.69) is 10.3 Å². The normalized spacial score (nSPS) is 18.5. The van der Waals surface area contributed by atoms with E-state index in [0.29, 0.717) is 12.8 Å². The molecule has 2 rings (SSSR count). The number of aromatic nitrogens is 1. The van der Waals surface area contributed by atoms with Gasteiger partial charge >= 0.3 is 6.18 Å². The van der Waals surface area contributed by atoms with Gasteiger partial charge in [-0.05, 0) is 12.8 Å². The van der Waals surface area contributed by atoms with Crippen molar-refractivity contribution in [1.82, 2.24) is 10.3 Å². The van der Waals surface area contributed by atoms with Crippen molar-refractivity contribution in [1.29, 1.82) is 0 Å². The molecule has 0 unspecified atom stereocenters. The Kier molecular flexibility index (Phi) is 4.88. The van der Waals surface area contributed by atoms with Gasteiger partial charge in [0.15, 0.2) is 5.69 Å². The topological polar surface area (TPSA) is 62.2 Å². The molecule has 0 spiro atoms. The second-order valence-corrected chi connectivity index (χ2v) is 6.31. The number of halogens is 3. The van der Waals surface area contributed by atoms with E-state index in [4.69, 9.17) is 0 Å². The summed E-state index contributed by atoms with van der Waals surface area (Å²) >= 11 is 0.855. The summed E-state index contributed by atoms with van der Waals surface area (Å²) in [5.41, 5.74) is -1.91. The minimum Gasteiger partial charge on any atom is -0.389 e. The Morgan fingerprint density at radius 2 is 2.05 bits per heavy atom. The van der Waals surface area contributed by atoms with Crippen LogP contribution in [0.25, 0.3) is 0 Å². The molecule has 0 atom stereocenters. The average Bonchev–Trinajstić information content (AvgIpc) is 2.85. The number of nitrogens with zero attached hydrogens (tertiary/aromatic N) is 1. The summed E-state index contributed by atoms with van der Waals surface area (Å²) in [6.45, 7) is -0.0460. The van der Waals surface area contributed by atoms with Crippen LogP contribution in [0.3, 0.4) is 0 Å². The van der Waals surface area contributed by atoms with Gasteiger partial charge in [0.1, 0.15) is 5.01 Å². The fourth-order valence-corrected chi connectivity index (χ4v) is 3.19. The standard InChI is InChI=1S/C13H17F3N2O2S/c14-13(15,16)9-8-21-11(18-9)7-17-10(19)6-12(20)4-2-1-3-5-12/h8,20H,1-7H2,(H,17,19). The van der Waals surface area contributed by atoms with E-state index in [1.165, 1.54) is 0 Å². The van der Waals surface area contributed by atoms with Crippen LogP contribution in [0.5, 0.6) is 0 Å². The van der Waals surface area contributed by atoms with Crippen LogP contribution in [0.15, 0.2) is 5.38 Å². The van der Waals surface area contributed by atoms with Crippen molar-refractivity contribution in [3.05, 3.63) is 16.1 Å². The molecule has 1 fully saturated rings. The molecule has 0 radical (unpaired) electrons. The Morgan fingerprint density at radius 1 is 1.38 bits per heavy atom. The third-order valence-corrected chi connectivity index (χ3v) is 4.40. The minimum absolute atomic E-state index is 0.00942. The van der Waals surface area contributed by atoms with E-state index >= 15 is 0 Å². The van der Waals surface area contributed by atoms with E-state index in [1.54, 1.807) is 0 Å². The summed E-state index contributed by atoms with van der Waals surface area (Å²) in [5.74, 6) is -0.358. The summed E-state index contributed by atoms with van der Waals surface area (Å²) < 4.78 is 37.1. The Balaban J connectivity index is 1.82. The van der Waals surface area contributed by atoms with E-state index < -0.39 is 17.5 Å². The van der Waals surface area contributed by atoms with Gasteiger partial charge in [0.05, 0.1) is 18.6 Å². The number of aliphatic hydroxyl groups is 1. The summed E-state index contributed by atoms with van der Waals surface area (Å²) in [4.78, 5) is 15.2. The zero-order chi connectivity index (χ0) is 15.5. The van der Waals surface area contributed by atoms with E-state index in [9.17, 15) is 23.1 Å². The highest BCUT2D eigenvalue weighted by Crippen LogP contribution is 2.31. The minimum atomic E-state index is -4.46. The fourth-order valence-electron chi connectivity index (χ4n) is 2.44. The first kappa shape index (κ1) is 16.2. The molecule has 4 nitrogen and oxygen atoms in total. The van der Waals surface area contributed by atoms with E-state index in [1.807, 2.05) is 0 Å². The van der Waals surface area contributed by atoms with E-state index in [-0.39, 0.29) is 23.9 Å². The van der Waals surface area contributed by atoms with Crippen molar-refractivity contribution in [2.45, 2.75) is 56.8 Å². The van der Waals surface area contributed by atoms with Crippen LogP contribution in [0, 0.1) is 0 Å². The van der Waals surface area contributed by atoms with Crippen LogP contribution < -0.4 is 5.32 Å². The number of nitrogens with one attached hydrogen (secondary N) is 1. The molecule has 1 saturated carbocycles. The Morgan fingerprint density at radius 3 is 2.62 bits per heavy atom. The van der Waals surface area contributed by atoms with Gasteiger partial charge in [0.2, 0.25) is 5.91 Å². The lowest BCUT2D eigenvalue weighted by Crippen LogP contribution is -2.38. The van der Waals surface area contributed by atoms with Crippen LogP contribution in [-0.2, 0) is 17.5 Å². The maximum absolute atomic E-state index is 12.4. The van der Waals surface area contributed by atoms with Gasteiger partial charge in [-0.1, -0.05) is 19.3 Å². The number of rotatable bonds is 4. The van der Waals surface area contributed by atoms with Gasteiger partial charge in [-0.2, -0.15) is 13.2 Å². The summed E-state index contributed by atoms with van der Waals surface area (Å²) in [6, 6.07) is 0. The molecule has 0 saturated heterocycles. The molecule has 0 bridgehead atoms. The van der Waals surface area contributed by atoms with Crippen molar-refractivity contribution in [2.75, 3.05) is 0 Å². The van der Waals surface area contributed by atoms with Crippen LogP contribution in [-0.4, -0.2) is 21.6 Å². The van der Waals surface area contributed by atoms with Crippen LogP contribution in [0.2, 0.25) is 0 Å². The summed E-state index contributed by atoms with van der Waals surface area (Å²) in [6.07, 6.45) is -0.439. The second kappa shape index (κ2) is 6.31. The molecule has 1 heterocycles. The molecule has 1 aromatic rings. The second-order valence-electron chi connectivity index (χ2n) is 5.36. The SMILES string of the molecule is O=C(CC1(O)CCCCC1)NCc1nc(C(F)(F)F)cs1. The molecule has 2 N–H and O–H groups in total. The predicted molar refractivity (Wildman–Crippen MR) is 71.6 cm³/mol. The largest absolute Gasteiger partial charge is 0.434 e. The van der Waals surface area contributed by atoms with Crippen molar-refractivity contribution in [3.8, 4) is 0 Å². The highest BCUT2D eigenvalue weighted by atomic mass is 32.1. The van der Waals surface area contributed by atoms with Gasteiger partial charge in [-0.15, -0.1) is 11.3 Å². The maximum Gasteiger partial charge on any atom is 0.434 e. The lowest BCUT2D eigenvalue weighted by atomic mass is 9.82. The number of carbonyl (C=O) groups is 1. The molecule has 8 heteroatoms. The number of thiazole rings is 1. The van der Waals surface area contributed by atoms with Crippen LogP contribution in [0.4, 0.5) is 13.2 Å². The van der Waals surface area contributed by atoms with Gasteiger partial charge < -0.3 is 10.4 Å². The zero-order valence-electron chi connectivity index (χ0n) is 11.4. The molecule has 1 aliphatic carbocycles. The van der Waals surface area contributed by atoms with Crippen molar-refractivity contribution in [3.63, 3.8) is 0 Å². The molecule has 1 amide bonds. The highest BCUT2D eigenvalue weighted by Gasteiger charge is 2.34. The number of hydrogen-bond acceptors (Lipinski definition) is 4. The fraction of sp³-hybridized carbons (Fsp3) is 0.692. The highest BCUT2D eigenvalue weighted by molar-refractivity contribution is 7.09. The van der Waals surface area contributed by atoms with Crippen molar-refractivity contribution < 1.29 is 23.1 Å². The summed E-state index contributed by atoms with van der Waals surface area (Å²) in [5, 5.41) is 13.9. The maximum atomic E-state index is 12.4. The average molecular weight is 322 g/mol. The molecule has 1 aromatic heterocycles. The van der Waals surface area contributed by atoms with Gasteiger partial charge in [0, 0.05) is 5.38 Å². The Bertz CT molecular complexity index is 496. The van der Waals surface area contributed by atoms with Crippen molar-refractivity contribution >= 4 is 17.2 Å². The molecule has 1 aliphatic rings. The first-order valence-corrected chi connectivity index (χ1v) is 7.67. The summed E-state index contributed by atoms with van der Waals surface area (Å²) in [7, 11) is 0. The van der Waals surface area contributed by atoms with Crippen LogP contribution >= 0.6 is 11.3 Å². The van der Waals surface area contributed by atoms with Crippen LogP contribution in [0.1, 0.15) is 49.2 Å². The molecule has 21 heavy (non-hydrogen) atoms. The monoisotopic (exact) mass is 322 g/mol. The lowest BCUT2D eigenvalue weighted by molar-refractivity contribution is -0.140. The van der Waals surface area contributed by atoms with E-state index in [0.717, 1.165) is 36.0 Å². The van der Waals surface area contributed by atoms with Crippen molar-refractivity contribution in [2.24, 2.45) is 0 Å². The van der Waals surface area contributed by atoms with Gasteiger partial charge in [0.25, 0.3) is 0 Å². The third kappa shape index (κ3) is 4.67. The predicted octanol–water partition coefficient (Wildman–Crippen LogP) is 2.86. The number of amides is 1. The number of carbonyl (C=O) groups excluding carboxylic acids is 1. The number of alkyl halides is 3. The molecule has 0 aliphatic heterocycles. The smallest absolute Gasteiger partial charge is 0.389 e. The number of hydrogen-bond donors (Lipinski definition) is 2. The molecule has 118 valence electrons. The lowest BCUT2D eigenvalue weighted by Gasteiger charge is -2.31. The Labute approximate surface area is 124 Å².